The van der Waals surface area contributed by atoms with Gasteiger partial charge in [-0.1, -0.05) is 0 Å². The third kappa shape index (κ3) is 3.53. The van der Waals surface area contributed by atoms with Crippen LogP contribution >= 0.6 is 0 Å². The minimum Gasteiger partial charge on any atom is -0.381 e. The molecular formula is C17H20N4O2. The smallest absolute Gasteiger partial charge is 0.228 e. The summed E-state index contributed by atoms with van der Waals surface area (Å²) in [6.45, 7) is 3.49. The molecule has 0 N–H and O–H groups in total. The van der Waals surface area contributed by atoms with E-state index in [9.17, 15) is 4.79 Å². The molecule has 1 aliphatic heterocycles. The summed E-state index contributed by atoms with van der Waals surface area (Å²) in [5.74, 6) is 0.773. The number of pyridine rings is 1. The number of rotatable bonds is 4. The molecule has 6 heteroatoms. The number of carbonyl (C=O) groups is 1. The van der Waals surface area contributed by atoms with Gasteiger partial charge in [-0.3, -0.25) is 9.78 Å². The average Bonchev–Trinajstić information content (AvgIpc) is 3.09. The normalized spacial score (nSPS) is 17.2. The maximum Gasteiger partial charge on any atom is 0.228 e. The Morgan fingerprint density at radius 3 is 2.87 bits per heavy atom. The Morgan fingerprint density at radius 1 is 1.39 bits per heavy atom. The molecule has 1 fully saturated rings. The molecule has 120 valence electrons. The van der Waals surface area contributed by atoms with Crippen LogP contribution < -0.4 is 0 Å². The molecule has 0 spiro atoms. The van der Waals surface area contributed by atoms with Gasteiger partial charge in [0.1, 0.15) is 5.82 Å². The number of hydrogen-bond acceptors (Lipinski definition) is 5. The average molecular weight is 312 g/mol. The summed E-state index contributed by atoms with van der Waals surface area (Å²) in [4.78, 5) is 27.1. The second-order valence-corrected chi connectivity index (χ2v) is 5.77. The van der Waals surface area contributed by atoms with Crippen LogP contribution in [-0.4, -0.2) is 46.0 Å². The summed E-state index contributed by atoms with van der Waals surface area (Å²) in [6.07, 6.45) is 6.08. The molecule has 0 aromatic carbocycles. The van der Waals surface area contributed by atoms with Gasteiger partial charge in [0.25, 0.3) is 0 Å². The van der Waals surface area contributed by atoms with Crippen molar-refractivity contribution < 1.29 is 9.53 Å². The number of nitrogens with zero attached hydrogens (tertiary/aromatic N) is 4. The summed E-state index contributed by atoms with van der Waals surface area (Å²) < 4.78 is 5.31. The number of aryl methyl sites for hydroxylation is 1. The Bertz CT molecular complexity index is 684. The molecule has 0 unspecified atom stereocenters. The van der Waals surface area contributed by atoms with E-state index >= 15 is 0 Å². The SMILES string of the molecule is Cc1ncc(-c2ccncc2)c(CN(C)C(=O)[C@H]2CCOC2)n1. The molecule has 1 aliphatic rings. The van der Waals surface area contributed by atoms with Crippen molar-refractivity contribution in [3.63, 3.8) is 0 Å². The van der Waals surface area contributed by atoms with Crippen LogP contribution in [-0.2, 0) is 16.1 Å². The van der Waals surface area contributed by atoms with Crippen molar-refractivity contribution in [3.05, 3.63) is 42.2 Å². The summed E-state index contributed by atoms with van der Waals surface area (Å²) in [7, 11) is 1.81. The van der Waals surface area contributed by atoms with E-state index in [0.29, 0.717) is 25.6 Å². The van der Waals surface area contributed by atoms with Gasteiger partial charge in [0.2, 0.25) is 5.91 Å². The Kier molecular flexibility index (Phi) is 4.62. The van der Waals surface area contributed by atoms with E-state index < -0.39 is 0 Å². The predicted octanol–water partition coefficient (Wildman–Crippen LogP) is 1.84. The zero-order valence-electron chi connectivity index (χ0n) is 13.4. The van der Waals surface area contributed by atoms with Crippen molar-refractivity contribution in [2.75, 3.05) is 20.3 Å². The monoisotopic (exact) mass is 312 g/mol. The first-order chi connectivity index (χ1) is 11.1. The lowest BCUT2D eigenvalue weighted by molar-refractivity contribution is -0.134. The highest BCUT2D eigenvalue weighted by atomic mass is 16.5. The Labute approximate surface area is 135 Å². The lowest BCUT2D eigenvalue weighted by Gasteiger charge is -2.21. The minimum absolute atomic E-state index is 0.0349. The second-order valence-electron chi connectivity index (χ2n) is 5.77. The molecule has 0 saturated carbocycles. The van der Waals surface area contributed by atoms with Crippen molar-refractivity contribution in [1.29, 1.82) is 0 Å². The van der Waals surface area contributed by atoms with Gasteiger partial charge in [0, 0.05) is 37.8 Å². The highest BCUT2D eigenvalue weighted by molar-refractivity contribution is 5.79. The van der Waals surface area contributed by atoms with Crippen LogP contribution in [0.4, 0.5) is 0 Å². The molecule has 0 bridgehead atoms. The van der Waals surface area contributed by atoms with Crippen LogP contribution in [0.15, 0.2) is 30.7 Å². The van der Waals surface area contributed by atoms with Crippen LogP contribution in [0.3, 0.4) is 0 Å². The lowest BCUT2D eigenvalue weighted by Crippen LogP contribution is -2.33. The number of ether oxygens (including phenoxy) is 1. The standard InChI is InChI=1S/C17H20N4O2/c1-12-19-9-15(13-3-6-18-7-4-13)16(20-12)10-21(2)17(22)14-5-8-23-11-14/h3-4,6-7,9,14H,5,8,10-11H2,1-2H3/t14-/m0/s1. The summed E-state index contributed by atoms with van der Waals surface area (Å²) in [6, 6.07) is 3.84. The second kappa shape index (κ2) is 6.83. The first kappa shape index (κ1) is 15.6. The van der Waals surface area contributed by atoms with Crippen LogP contribution in [0.5, 0.6) is 0 Å². The molecule has 0 radical (unpaired) electrons. The number of carbonyl (C=O) groups excluding carboxylic acids is 1. The maximum atomic E-state index is 12.5. The summed E-state index contributed by atoms with van der Waals surface area (Å²) >= 11 is 0. The Balaban J connectivity index is 1.84. The minimum atomic E-state index is -0.0349. The molecule has 2 aromatic rings. The molecule has 23 heavy (non-hydrogen) atoms. The molecule has 1 saturated heterocycles. The fraction of sp³-hybridized carbons (Fsp3) is 0.412. The summed E-state index contributed by atoms with van der Waals surface area (Å²) in [5, 5.41) is 0. The Morgan fingerprint density at radius 2 is 2.17 bits per heavy atom. The topological polar surface area (TPSA) is 68.2 Å². The summed E-state index contributed by atoms with van der Waals surface area (Å²) in [5.41, 5.74) is 2.78. The van der Waals surface area contributed by atoms with Gasteiger partial charge >= 0.3 is 0 Å². The van der Waals surface area contributed by atoms with Crippen molar-refractivity contribution in [2.45, 2.75) is 19.9 Å². The molecule has 0 aliphatic carbocycles. The van der Waals surface area contributed by atoms with Crippen LogP contribution in [0.25, 0.3) is 11.1 Å². The first-order valence-electron chi connectivity index (χ1n) is 7.71. The predicted molar refractivity (Wildman–Crippen MR) is 85.4 cm³/mol. The van der Waals surface area contributed by atoms with Gasteiger partial charge in [-0.15, -0.1) is 0 Å². The van der Waals surface area contributed by atoms with Crippen LogP contribution in [0.1, 0.15) is 17.9 Å². The van der Waals surface area contributed by atoms with E-state index in [2.05, 4.69) is 15.0 Å². The van der Waals surface area contributed by atoms with E-state index in [0.717, 1.165) is 23.2 Å². The van der Waals surface area contributed by atoms with Crippen molar-refractivity contribution in [1.82, 2.24) is 19.9 Å². The quantitative estimate of drug-likeness (QED) is 0.861. The van der Waals surface area contributed by atoms with E-state index in [-0.39, 0.29) is 11.8 Å². The van der Waals surface area contributed by atoms with Crippen molar-refractivity contribution >= 4 is 5.91 Å². The van der Waals surface area contributed by atoms with Gasteiger partial charge in [0.15, 0.2) is 0 Å². The van der Waals surface area contributed by atoms with Crippen molar-refractivity contribution in [2.24, 2.45) is 5.92 Å². The number of aromatic nitrogens is 3. The third-order valence-corrected chi connectivity index (χ3v) is 4.02. The fourth-order valence-corrected chi connectivity index (χ4v) is 2.75. The molecule has 3 rings (SSSR count). The van der Waals surface area contributed by atoms with Gasteiger partial charge < -0.3 is 9.64 Å². The van der Waals surface area contributed by atoms with E-state index in [1.807, 2.05) is 32.3 Å². The molecule has 1 amide bonds. The lowest BCUT2D eigenvalue weighted by atomic mass is 10.1. The van der Waals surface area contributed by atoms with Gasteiger partial charge in [-0.05, 0) is 31.0 Å². The van der Waals surface area contributed by atoms with Crippen LogP contribution in [0, 0.1) is 12.8 Å². The van der Waals surface area contributed by atoms with E-state index in [1.54, 1.807) is 17.3 Å². The van der Waals surface area contributed by atoms with Gasteiger partial charge in [0.05, 0.1) is 24.8 Å². The van der Waals surface area contributed by atoms with Gasteiger partial charge in [-0.2, -0.15) is 0 Å². The van der Waals surface area contributed by atoms with Crippen LogP contribution in [0.2, 0.25) is 0 Å². The zero-order chi connectivity index (χ0) is 16.2. The highest BCUT2D eigenvalue weighted by Gasteiger charge is 2.27. The highest BCUT2D eigenvalue weighted by Crippen LogP contribution is 2.23. The van der Waals surface area contributed by atoms with Gasteiger partial charge in [-0.25, -0.2) is 9.97 Å². The van der Waals surface area contributed by atoms with Crippen molar-refractivity contribution in [3.8, 4) is 11.1 Å². The van der Waals surface area contributed by atoms with E-state index in [1.165, 1.54) is 0 Å². The zero-order valence-corrected chi connectivity index (χ0v) is 13.4. The largest absolute Gasteiger partial charge is 0.381 e. The molecular weight excluding hydrogens is 292 g/mol. The number of hydrogen-bond donors (Lipinski definition) is 0. The third-order valence-electron chi connectivity index (χ3n) is 4.02. The molecule has 1 atom stereocenters. The first-order valence-corrected chi connectivity index (χ1v) is 7.71. The number of amides is 1. The molecule has 3 heterocycles. The van der Waals surface area contributed by atoms with E-state index in [4.69, 9.17) is 4.74 Å². The Hall–Kier alpha value is -2.34. The molecule has 2 aromatic heterocycles. The molecule has 6 nitrogen and oxygen atoms in total. The fourth-order valence-electron chi connectivity index (χ4n) is 2.75. The maximum absolute atomic E-state index is 12.5.